The minimum absolute atomic E-state index is 0.0367. The van der Waals surface area contributed by atoms with Gasteiger partial charge in [0.25, 0.3) is 0 Å². The number of hydrogen-bond donors (Lipinski definition) is 1. The Morgan fingerprint density at radius 2 is 2.24 bits per heavy atom. The van der Waals surface area contributed by atoms with E-state index in [1.54, 1.807) is 0 Å². The highest BCUT2D eigenvalue weighted by atomic mass is 32.2. The summed E-state index contributed by atoms with van der Waals surface area (Å²) in [5, 5.41) is 3.24. The van der Waals surface area contributed by atoms with Gasteiger partial charge in [0.15, 0.2) is 9.84 Å². The first-order valence-corrected chi connectivity index (χ1v) is 8.01. The maximum absolute atomic E-state index is 12.1. The molecule has 2 aliphatic heterocycles. The van der Waals surface area contributed by atoms with Crippen LogP contribution in [0.15, 0.2) is 0 Å². The van der Waals surface area contributed by atoms with Crippen LogP contribution in [0.25, 0.3) is 0 Å². The molecule has 17 heavy (non-hydrogen) atoms. The fourth-order valence-electron chi connectivity index (χ4n) is 2.61. The monoisotopic (exact) mass is 260 g/mol. The Balaban J connectivity index is 1.89. The number of amides is 1. The van der Waals surface area contributed by atoms with Gasteiger partial charge in [0.2, 0.25) is 5.91 Å². The van der Waals surface area contributed by atoms with Gasteiger partial charge in [-0.05, 0) is 19.3 Å². The van der Waals surface area contributed by atoms with Crippen LogP contribution in [0.2, 0.25) is 0 Å². The number of rotatable bonds is 2. The zero-order chi connectivity index (χ0) is 12.5. The van der Waals surface area contributed by atoms with Crippen molar-refractivity contribution in [3.05, 3.63) is 0 Å². The van der Waals surface area contributed by atoms with E-state index in [-0.39, 0.29) is 29.4 Å². The molecule has 1 N–H and O–H groups in total. The second kappa shape index (κ2) is 4.94. The van der Waals surface area contributed by atoms with Gasteiger partial charge in [-0.3, -0.25) is 4.79 Å². The van der Waals surface area contributed by atoms with Crippen LogP contribution in [0.3, 0.4) is 0 Å². The summed E-state index contributed by atoms with van der Waals surface area (Å²) in [6, 6.07) is 0.217. The second-order valence-electron chi connectivity index (χ2n) is 5.11. The maximum atomic E-state index is 12.1. The Morgan fingerprint density at radius 1 is 1.47 bits per heavy atom. The van der Waals surface area contributed by atoms with Crippen LogP contribution in [0, 0.1) is 5.92 Å². The largest absolute Gasteiger partial charge is 0.337 e. The van der Waals surface area contributed by atoms with Crippen LogP contribution in [-0.2, 0) is 14.6 Å². The number of carbonyl (C=O) groups is 1. The van der Waals surface area contributed by atoms with E-state index in [1.165, 1.54) is 0 Å². The maximum Gasteiger partial charge on any atom is 0.223 e. The van der Waals surface area contributed by atoms with E-state index in [2.05, 4.69) is 5.32 Å². The van der Waals surface area contributed by atoms with Gasteiger partial charge in [0, 0.05) is 32.1 Å². The SMILES string of the molecule is C[C@H]1CNCCN1C(=O)CC1CCS(=O)(=O)C1. The highest BCUT2D eigenvalue weighted by Gasteiger charge is 2.32. The third kappa shape index (κ3) is 3.19. The summed E-state index contributed by atoms with van der Waals surface area (Å²) in [5.74, 6) is 0.594. The van der Waals surface area contributed by atoms with Crippen molar-refractivity contribution in [2.45, 2.75) is 25.8 Å². The minimum atomic E-state index is -2.87. The van der Waals surface area contributed by atoms with Crippen LogP contribution in [0.4, 0.5) is 0 Å². The molecule has 2 fully saturated rings. The first-order valence-electron chi connectivity index (χ1n) is 6.18. The van der Waals surface area contributed by atoms with Crippen molar-refractivity contribution in [2.75, 3.05) is 31.1 Å². The van der Waals surface area contributed by atoms with Gasteiger partial charge in [0.1, 0.15) is 0 Å². The van der Waals surface area contributed by atoms with Gasteiger partial charge < -0.3 is 10.2 Å². The highest BCUT2D eigenvalue weighted by Crippen LogP contribution is 2.23. The van der Waals surface area contributed by atoms with Crippen molar-refractivity contribution in [2.24, 2.45) is 5.92 Å². The van der Waals surface area contributed by atoms with Crippen LogP contribution in [-0.4, -0.2) is 56.4 Å². The van der Waals surface area contributed by atoms with E-state index in [1.807, 2.05) is 11.8 Å². The predicted molar refractivity (Wildman–Crippen MR) is 65.4 cm³/mol. The molecule has 6 heteroatoms. The van der Waals surface area contributed by atoms with Gasteiger partial charge in [-0.15, -0.1) is 0 Å². The molecule has 0 aromatic heterocycles. The molecule has 0 aromatic rings. The smallest absolute Gasteiger partial charge is 0.223 e. The number of carbonyl (C=O) groups excluding carboxylic acids is 1. The van der Waals surface area contributed by atoms with Crippen molar-refractivity contribution in [3.63, 3.8) is 0 Å². The molecule has 0 aromatic carbocycles. The summed E-state index contributed by atoms with van der Waals surface area (Å²) in [4.78, 5) is 14.0. The van der Waals surface area contributed by atoms with Crippen molar-refractivity contribution in [1.82, 2.24) is 10.2 Å². The number of nitrogens with one attached hydrogen (secondary N) is 1. The van der Waals surface area contributed by atoms with E-state index in [0.717, 1.165) is 19.6 Å². The minimum Gasteiger partial charge on any atom is -0.337 e. The normalized spacial score (nSPS) is 32.6. The Kier molecular flexibility index (Phi) is 3.73. The molecule has 0 spiro atoms. The van der Waals surface area contributed by atoms with Crippen LogP contribution >= 0.6 is 0 Å². The molecule has 1 unspecified atom stereocenters. The van der Waals surface area contributed by atoms with Crippen LogP contribution < -0.4 is 5.32 Å². The van der Waals surface area contributed by atoms with Crippen molar-refractivity contribution in [1.29, 1.82) is 0 Å². The molecule has 2 rings (SSSR count). The number of sulfone groups is 1. The number of hydrogen-bond acceptors (Lipinski definition) is 4. The van der Waals surface area contributed by atoms with Crippen LogP contribution in [0.1, 0.15) is 19.8 Å². The van der Waals surface area contributed by atoms with E-state index in [0.29, 0.717) is 12.8 Å². The summed E-state index contributed by atoms with van der Waals surface area (Å²) in [6.07, 6.45) is 1.04. The van der Waals surface area contributed by atoms with Crippen molar-refractivity contribution < 1.29 is 13.2 Å². The van der Waals surface area contributed by atoms with Crippen molar-refractivity contribution >= 4 is 15.7 Å². The molecule has 2 aliphatic rings. The van der Waals surface area contributed by atoms with Crippen LogP contribution in [0.5, 0.6) is 0 Å². The van der Waals surface area contributed by atoms with E-state index in [9.17, 15) is 13.2 Å². The molecule has 98 valence electrons. The Hall–Kier alpha value is -0.620. The molecule has 0 bridgehead atoms. The van der Waals surface area contributed by atoms with Gasteiger partial charge in [0.05, 0.1) is 11.5 Å². The van der Waals surface area contributed by atoms with Crippen molar-refractivity contribution in [3.8, 4) is 0 Å². The van der Waals surface area contributed by atoms with E-state index >= 15 is 0 Å². The lowest BCUT2D eigenvalue weighted by Crippen LogP contribution is -2.52. The number of piperazine rings is 1. The molecule has 1 amide bonds. The molecule has 0 aliphatic carbocycles. The third-order valence-corrected chi connectivity index (χ3v) is 5.45. The molecule has 5 nitrogen and oxygen atoms in total. The average molecular weight is 260 g/mol. The highest BCUT2D eigenvalue weighted by molar-refractivity contribution is 7.91. The summed E-state index contributed by atoms with van der Waals surface area (Å²) >= 11 is 0. The van der Waals surface area contributed by atoms with Gasteiger partial charge in [-0.25, -0.2) is 8.42 Å². The quantitative estimate of drug-likeness (QED) is 0.736. The summed E-state index contributed by atoms with van der Waals surface area (Å²) < 4.78 is 22.7. The Morgan fingerprint density at radius 3 is 2.82 bits per heavy atom. The molecular weight excluding hydrogens is 240 g/mol. The Labute approximate surface area is 102 Å². The summed E-state index contributed by atoms with van der Waals surface area (Å²) in [7, 11) is -2.87. The fourth-order valence-corrected chi connectivity index (χ4v) is 4.47. The summed E-state index contributed by atoms with van der Waals surface area (Å²) in [5.41, 5.74) is 0. The second-order valence-corrected chi connectivity index (χ2v) is 7.34. The molecule has 0 radical (unpaired) electrons. The zero-order valence-electron chi connectivity index (χ0n) is 10.2. The molecule has 0 saturated carbocycles. The lowest BCUT2D eigenvalue weighted by molar-refractivity contribution is -0.134. The van der Waals surface area contributed by atoms with E-state index in [4.69, 9.17) is 0 Å². The molecule has 2 saturated heterocycles. The van der Waals surface area contributed by atoms with E-state index < -0.39 is 9.84 Å². The summed E-state index contributed by atoms with van der Waals surface area (Å²) in [6.45, 7) is 4.42. The van der Waals surface area contributed by atoms with Gasteiger partial charge in [-0.2, -0.15) is 0 Å². The molecule has 2 atom stereocenters. The zero-order valence-corrected chi connectivity index (χ0v) is 11.0. The molecular formula is C11H20N2O3S. The van der Waals surface area contributed by atoms with Gasteiger partial charge in [-0.1, -0.05) is 0 Å². The standard InChI is InChI=1S/C11H20N2O3S/c1-9-7-12-3-4-13(9)11(14)6-10-2-5-17(15,16)8-10/h9-10,12H,2-8H2,1H3/t9-,10?/m0/s1. The molecule has 2 heterocycles. The van der Waals surface area contributed by atoms with Gasteiger partial charge >= 0.3 is 0 Å². The average Bonchev–Trinajstić information content (AvgIpc) is 2.58. The third-order valence-electron chi connectivity index (χ3n) is 3.61. The lowest BCUT2D eigenvalue weighted by Gasteiger charge is -2.34. The first kappa shape index (κ1) is 12.8. The fraction of sp³-hybridized carbons (Fsp3) is 0.909. The first-order chi connectivity index (χ1) is 7.98. The number of nitrogens with zero attached hydrogens (tertiary/aromatic N) is 1. The lowest BCUT2D eigenvalue weighted by atomic mass is 10.0. The predicted octanol–water partition coefficient (Wildman–Crippen LogP) is -0.368. The Bertz CT molecular complexity index is 394. The topological polar surface area (TPSA) is 66.5 Å².